The highest BCUT2D eigenvalue weighted by Crippen LogP contribution is 2.19. The molecule has 1 N–H and O–H groups in total. The number of hydrogen-bond acceptors (Lipinski definition) is 4. The van der Waals surface area contributed by atoms with Crippen molar-refractivity contribution in [1.82, 2.24) is 10.3 Å². The number of thioether (sulfide) groups is 1. The Morgan fingerprint density at radius 2 is 2.33 bits per heavy atom. The first kappa shape index (κ1) is 13.1. The zero-order valence-electron chi connectivity index (χ0n) is 10.00. The Balaban J connectivity index is 1.79. The van der Waals surface area contributed by atoms with Crippen LogP contribution in [0, 0.1) is 0 Å². The van der Waals surface area contributed by atoms with Gasteiger partial charge in [-0.05, 0) is 30.5 Å². The molecule has 0 unspecified atom stereocenters. The molecule has 0 fully saturated rings. The highest BCUT2D eigenvalue weighted by molar-refractivity contribution is 7.99. The van der Waals surface area contributed by atoms with Gasteiger partial charge in [-0.3, -0.25) is 4.79 Å². The number of carbonyl (C=O) groups excluding carboxylic acids is 1. The van der Waals surface area contributed by atoms with Gasteiger partial charge in [-0.2, -0.15) is 0 Å². The lowest BCUT2D eigenvalue weighted by atomic mass is 10.3. The van der Waals surface area contributed by atoms with E-state index in [0.717, 1.165) is 5.03 Å². The second-order valence-electron chi connectivity index (χ2n) is 3.76. The fraction of sp³-hybridized carbons (Fsp3) is 0.231. The smallest absolute Gasteiger partial charge is 0.230 e. The number of hydrogen-bond donors (Lipinski definition) is 1. The molecule has 2 aromatic rings. The number of nitrogens with one attached hydrogen (secondary N) is 1. The van der Waals surface area contributed by atoms with E-state index >= 15 is 0 Å². The van der Waals surface area contributed by atoms with Crippen LogP contribution >= 0.6 is 23.1 Å². The molecule has 0 radical (unpaired) electrons. The van der Waals surface area contributed by atoms with Gasteiger partial charge in [0, 0.05) is 11.1 Å². The summed E-state index contributed by atoms with van der Waals surface area (Å²) in [6.07, 6.45) is 1.73. The molecule has 2 rings (SSSR count). The van der Waals surface area contributed by atoms with Gasteiger partial charge in [0.15, 0.2) is 0 Å². The summed E-state index contributed by atoms with van der Waals surface area (Å²) in [6, 6.07) is 9.78. The molecule has 0 aliphatic heterocycles. The molecule has 18 heavy (non-hydrogen) atoms. The summed E-state index contributed by atoms with van der Waals surface area (Å²) >= 11 is 3.10. The first-order valence-corrected chi connectivity index (χ1v) is 7.49. The first-order valence-electron chi connectivity index (χ1n) is 5.62. The maximum Gasteiger partial charge on any atom is 0.230 e. The maximum absolute atomic E-state index is 11.8. The zero-order valence-corrected chi connectivity index (χ0v) is 11.6. The van der Waals surface area contributed by atoms with E-state index < -0.39 is 0 Å². The average Bonchev–Trinajstić information content (AvgIpc) is 2.91. The van der Waals surface area contributed by atoms with Gasteiger partial charge in [0.05, 0.1) is 16.8 Å². The molecule has 2 heterocycles. The van der Waals surface area contributed by atoms with E-state index in [1.165, 1.54) is 16.6 Å². The summed E-state index contributed by atoms with van der Waals surface area (Å²) in [6.45, 7) is 2.00. The Bertz CT molecular complexity index is 485. The Kier molecular flexibility index (Phi) is 4.78. The van der Waals surface area contributed by atoms with Crippen LogP contribution in [0.15, 0.2) is 46.9 Å². The number of thiophene rings is 1. The molecule has 2 aromatic heterocycles. The number of nitrogens with zero attached hydrogens (tertiary/aromatic N) is 1. The van der Waals surface area contributed by atoms with E-state index in [0.29, 0.717) is 5.75 Å². The molecule has 0 aliphatic carbocycles. The molecule has 0 spiro atoms. The van der Waals surface area contributed by atoms with Crippen LogP contribution in [-0.4, -0.2) is 16.6 Å². The lowest BCUT2D eigenvalue weighted by Crippen LogP contribution is -2.27. The Hall–Kier alpha value is -1.33. The lowest BCUT2D eigenvalue weighted by molar-refractivity contribution is -0.119. The second-order valence-corrected chi connectivity index (χ2v) is 5.74. The molecule has 5 heteroatoms. The number of carbonyl (C=O) groups is 1. The molecule has 0 saturated heterocycles. The van der Waals surface area contributed by atoms with Crippen molar-refractivity contribution in [2.75, 3.05) is 5.75 Å². The number of amides is 1. The molecule has 0 aromatic carbocycles. The minimum absolute atomic E-state index is 0.0338. The zero-order chi connectivity index (χ0) is 12.8. The summed E-state index contributed by atoms with van der Waals surface area (Å²) in [5, 5.41) is 5.86. The third-order valence-corrected chi connectivity index (χ3v) is 4.34. The lowest BCUT2D eigenvalue weighted by Gasteiger charge is -2.11. The van der Waals surface area contributed by atoms with E-state index in [2.05, 4.69) is 10.3 Å². The Labute approximate surface area is 115 Å². The van der Waals surface area contributed by atoms with Crippen molar-refractivity contribution in [2.45, 2.75) is 18.0 Å². The van der Waals surface area contributed by atoms with Crippen LogP contribution in [0.3, 0.4) is 0 Å². The van der Waals surface area contributed by atoms with Crippen LogP contribution in [0.25, 0.3) is 0 Å². The van der Waals surface area contributed by atoms with Crippen molar-refractivity contribution in [1.29, 1.82) is 0 Å². The predicted octanol–water partition coefficient (Wildman–Crippen LogP) is 3.11. The van der Waals surface area contributed by atoms with E-state index in [-0.39, 0.29) is 11.9 Å². The molecule has 0 aliphatic rings. The summed E-state index contributed by atoms with van der Waals surface area (Å²) in [7, 11) is 0. The third kappa shape index (κ3) is 3.85. The van der Waals surface area contributed by atoms with Crippen molar-refractivity contribution in [2.24, 2.45) is 0 Å². The molecule has 0 bridgehead atoms. The molecular weight excluding hydrogens is 264 g/mol. The number of pyridine rings is 1. The average molecular weight is 278 g/mol. The molecular formula is C13H14N2OS2. The van der Waals surface area contributed by atoms with E-state index in [1.807, 2.05) is 42.6 Å². The van der Waals surface area contributed by atoms with Crippen LogP contribution in [0.5, 0.6) is 0 Å². The Morgan fingerprint density at radius 3 is 3.00 bits per heavy atom. The van der Waals surface area contributed by atoms with E-state index in [9.17, 15) is 4.79 Å². The topological polar surface area (TPSA) is 42.0 Å². The van der Waals surface area contributed by atoms with Crippen molar-refractivity contribution in [3.8, 4) is 0 Å². The quantitative estimate of drug-likeness (QED) is 0.854. The highest BCUT2D eigenvalue weighted by Gasteiger charge is 2.10. The van der Waals surface area contributed by atoms with Crippen molar-refractivity contribution in [3.05, 3.63) is 46.8 Å². The van der Waals surface area contributed by atoms with Crippen LogP contribution < -0.4 is 5.32 Å². The minimum Gasteiger partial charge on any atom is -0.348 e. The van der Waals surface area contributed by atoms with Gasteiger partial charge in [0.1, 0.15) is 0 Å². The van der Waals surface area contributed by atoms with Crippen molar-refractivity contribution < 1.29 is 4.79 Å². The van der Waals surface area contributed by atoms with Gasteiger partial charge in [0.2, 0.25) is 5.91 Å². The molecule has 94 valence electrons. The van der Waals surface area contributed by atoms with Crippen LogP contribution in [0.1, 0.15) is 17.8 Å². The fourth-order valence-electron chi connectivity index (χ4n) is 1.46. The van der Waals surface area contributed by atoms with E-state index in [4.69, 9.17) is 0 Å². The molecule has 3 nitrogen and oxygen atoms in total. The molecule has 0 saturated carbocycles. The van der Waals surface area contributed by atoms with Gasteiger partial charge in [-0.15, -0.1) is 11.3 Å². The monoisotopic (exact) mass is 278 g/mol. The van der Waals surface area contributed by atoms with Gasteiger partial charge in [-0.25, -0.2) is 4.98 Å². The van der Waals surface area contributed by atoms with Gasteiger partial charge >= 0.3 is 0 Å². The highest BCUT2D eigenvalue weighted by atomic mass is 32.2. The van der Waals surface area contributed by atoms with Crippen molar-refractivity contribution >= 4 is 29.0 Å². The van der Waals surface area contributed by atoms with E-state index in [1.54, 1.807) is 17.5 Å². The number of aromatic nitrogens is 1. The minimum atomic E-state index is 0.0338. The standard InChI is InChI=1S/C13H14N2OS2/c1-10(11-5-4-8-17-11)15-12(16)9-18-13-6-2-3-7-14-13/h2-8,10H,9H2,1H3,(H,15,16)/t10-/m1/s1. The summed E-state index contributed by atoms with van der Waals surface area (Å²) < 4.78 is 0. The Morgan fingerprint density at radius 1 is 1.44 bits per heavy atom. The predicted molar refractivity (Wildman–Crippen MR) is 75.8 cm³/mol. The first-order chi connectivity index (χ1) is 8.75. The van der Waals surface area contributed by atoms with Gasteiger partial charge < -0.3 is 5.32 Å². The normalized spacial score (nSPS) is 12.1. The second kappa shape index (κ2) is 6.56. The number of rotatable bonds is 5. The van der Waals surface area contributed by atoms with Crippen LogP contribution in [0.2, 0.25) is 0 Å². The summed E-state index contributed by atoms with van der Waals surface area (Å²) in [5.41, 5.74) is 0. The largest absolute Gasteiger partial charge is 0.348 e. The fourth-order valence-corrected chi connectivity index (χ4v) is 2.87. The van der Waals surface area contributed by atoms with Crippen molar-refractivity contribution in [3.63, 3.8) is 0 Å². The summed E-state index contributed by atoms with van der Waals surface area (Å²) in [4.78, 5) is 17.1. The SMILES string of the molecule is C[C@@H](NC(=O)CSc1ccccn1)c1cccs1. The van der Waals surface area contributed by atoms with Crippen LogP contribution in [-0.2, 0) is 4.79 Å². The van der Waals surface area contributed by atoms with Crippen LogP contribution in [0.4, 0.5) is 0 Å². The van der Waals surface area contributed by atoms with Gasteiger partial charge in [-0.1, -0.05) is 23.9 Å². The molecule has 1 amide bonds. The van der Waals surface area contributed by atoms with Gasteiger partial charge in [0.25, 0.3) is 0 Å². The third-order valence-electron chi connectivity index (χ3n) is 2.34. The maximum atomic E-state index is 11.8. The molecule has 1 atom stereocenters. The summed E-state index contributed by atoms with van der Waals surface area (Å²) in [5.74, 6) is 0.429.